The predicted molar refractivity (Wildman–Crippen MR) is 68.9 cm³/mol. The van der Waals surface area contributed by atoms with Crippen molar-refractivity contribution < 1.29 is 8.42 Å². The van der Waals surface area contributed by atoms with Gasteiger partial charge in [0.1, 0.15) is 0 Å². The Kier molecular flexibility index (Phi) is 3.85. The first-order chi connectivity index (χ1) is 7.54. The van der Waals surface area contributed by atoms with Gasteiger partial charge in [-0.25, -0.2) is 13.1 Å². The minimum absolute atomic E-state index is 0.0681. The Morgan fingerprint density at radius 3 is 2.24 bits per heavy atom. The third kappa shape index (κ3) is 3.40. The fourth-order valence-electron chi connectivity index (χ4n) is 1.11. The Morgan fingerprint density at radius 2 is 1.88 bits per heavy atom. The van der Waals surface area contributed by atoms with Crippen LogP contribution in [0.2, 0.25) is 0 Å². The lowest BCUT2D eigenvalue weighted by Crippen LogP contribution is -2.41. The van der Waals surface area contributed by atoms with Gasteiger partial charge in [0.05, 0.1) is 0 Å². The van der Waals surface area contributed by atoms with E-state index >= 15 is 0 Å². The van der Waals surface area contributed by atoms with E-state index < -0.39 is 10.0 Å². The molecule has 1 atom stereocenters. The van der Waals surface area contributed by atoms with Crippen LogP contribution in [-0.4, -0.2) is 19.4 Å². The molecule has 7 heteroatoms. The van der Waals surface area contributed by atoms with Crippen molar-refractivity contribution in [2.24, 2.45) is 5.41 Å². The van der Waals surface area contributed by atoms with Gasteiger partial charge in [-0.15, -0.1) is 0 Å². The lowest BCUT2D eigenvalue weighted by atomic mass is 9.89. The number of aromatic nitrogens is 1. The van der Waals surface area contributed by atoms with Crippen molar-refractivity contribution in [1.82, 2.24) is 9.71 Å². The zero-order valence-electron chi connectivity index (χ0n) is 10.6. The summed E-state index contributed by atoms with van der Waals surface area (Å²) in [6.45, 7) is 9.24. The van der Waals surface area contributed by atoms with Crippen LogP contribution in [0.5, 0.6) is 0 Å². The van der Waals surface area contributed by atoms with Gasteiger partial charge in [0.2, 0.25) is 0 Å². The molecule has 17 heavy (non-hydrogen) atoms. The van der Waals surface area contributed by atoms with Crippen LogP contribution >= 0.6 is 11.3 Å². The SMILES string of the molecule is Cc1[nH]c(=O)sc1S(=O)(=O)NC(C)C(C)(C)C. The predicted octanol–water partition coefficient (Wildman–Crippen LogP) is 1.46. The van der Waals surface area contributed by atoms with Gasteiger partial charge in [-0.3, -0.25) is 4.79 Å². The summed E-state index contributed by atoms with van der Waals surface area (Å²) in [5.41, 5.74) is 0.205. The summed E-state index contributed by atoms with van der Waals surface area (Å²) in [5.74, 6) is 0. The number of aryl methyl sites for hydroxylation is 1. The van der Waals surface area contributed by atoms with Gasteiger partial charge in [-0.2, -0.15) is 0 Å². The molecule has 0 bridgehead atoms. The molecule has 1 aromatic rings. The van der Waals surface area contributed by atoms with Crippen LogP contribution in [0.15, 0.2) is 9.00 Å². The van der Waals surface area contributed by atoms with Gasteiger partial charge >= 0.3 is 4.87 Å². The molecular weight excluding hydrogens is 260 g/mol. The largest absolute Gasteiger partial charge is 0.315 e. The third-order valence-electron chi connectivity index (χ3n) is 2.66. The number of hydrogen-bond acceptors (Lipinski definition) is 4. The molecule has 5 nitrogen and oxygen atoms in total. The molecule has 1 heterocycles. The quantitative estimate of drug-likeness (QED) is 0.878. The monoisotopic (exact) mass is 278 g/mol. The van der Waals surface area contributed by atoms with Gasteiger partial charge in [-0.1, -0.05) is 32.1 Å². The van der Waals surface area contributed by atoms with Crippen molar-refractivity contribution in [3.8, 4) is 0 Å². The molecular formula is C10H18N2O3S2. The molecule has 1 rings (SSSR count). The Balaban J connectivity index is 3.06. The average Bonchev–Trinajstić information content (AvgIpc) is 2.43. The van der Waals surface area contributed by atoms with E-state index in [-0.39, 0.29) is 20.5 Å². The first kappa shape index (κ1) is 14.4. The van der Waals surface area contributed by atoms with Crippen molar-refractivity contribution in [2.75, 3.05) is 0 Å². The summed E-state index contributed by atoms with van der Waals surface area (Å²) in [7, 11) is -3.62. The number of thiazole rings is 1. The Bertz CT molecular complexity index is 549. The molecule has 1 unspecified atom stereocenters. The number of sulfonamides is 1. The molecule has 0 aliphatic rings. The standard InChI is InChI=1S/C10H18N2O3S2/c1-6-8(16-9(13)11-6)17(14,15)12-7(2)10(3,4)5/h7,12H,1-5H3,(H,11,13). The molecule has 98 valence electrons. The second kappa shape index (κ2) is 4.55. The van der Waals surface area contributed by atoms with Gasteiger partial charge in [0.15, 0.2) is 4.21 Å². The minimum Gasteiger partial charge on any atom is -0.315 e. The van der Waals surface area contributed by atoms with Crippen LogP contribution in [0.25, 0.3) is 0 Å². The van der Waals surface area contributed by atoms with Gasteiger partial charge < -0.3 is 4.98 Å². The third-order valence-corrected chi connectivity index (χ3v) is 5.80. The van der Waals surface area contributed by atoms with Gasteiger partial charge in [-0.05, 0) is 19.3 Å². The maximum atomic E-state index is 12.1. The fourth-order valence-corrected chi connectivity index (χ4v) is 3.88. The highest BCUT2D eigenvalue weighted by atomic mass is 32.2. The number of hydrogen-bond donors (Lipinski definition) is 2. The lowest BCUT2D eigenvalue weighted by molar-refractivity contribution is 0.318. The van der Waals surface area contributed by atoms with Gasteiger partial charge in [0, 0.05) is 11.7 Å². The van der Waals surface area contributed by atoms with Crippen LogP contribution in [0, 0.1) is 12.3 Å². The zero-order valence-corrected chi connectivity index (χ0v) is 12.3. The van der Waals surface area contributed by atoms with E-state index in [2.05, 4.69) is 9.71 Å². The first-order valence-electron chi connectivity index (χ1n) is 5.26. The van der Waals surface area contributed by atoms with Crippen molar-refractivity contribution in [3.63, 3.8) is 0 Å². The molecule has 0 fully saturated rings. The van der Waals surface area contributed by atoms with E-state index in [1.165, 1.54) is 0 Å². The molecule has 0 radical (unpaired) electrons. The zero-order chi connectivity index (χ0) is 13.4. The lowest BCUT2D eigenvalue weighted by Gasteiger charge is -2.27. The van der Waals surface area contributed by atoms with Crippen LogP contribution < -0.4 is 9.60 Å². The summed E-state index contributed by atoms with van der Waals surface area (Å²) >= 11 is 0.712. The Hall–Kier alpha value is -0.660. The smallest absolute Gasteiger partial charge is 0.305 e. The van der Waals surface area contributed by atoms with Crippen molar-refractivity contribution in [2.45, 2.75) is 44.9 Å². The first-order valence-corrected chi connectivity index (χ1v) is 7.56. The second-order valence-corrected chi connectivity index (χ2v) is 8.03. The topological polar surface area (TPSA) is 79.0 Å². The van der Waals surface area contributed by atoms with E-state index in [4.69, 9.17) is 0 Å². The Morgan fingerprint density at radius 1 is 1.35 bits per heavy atom. The number of H-pyrrole nitrogens is 1. The van der Waals surface area contributed by atoms with Crippen molar-refractivity contribution in [1.29, 1.82) is 0 Å². The van der Waals surface area contributed by atoms with E-state index in [1.807, 2.05) is 27.7 Å². The van der Waals surface area contributed by atoms with E-state index in [1.54, 1.807) is 6.92 Å². The van der Waals surface area contributed by atoms with E-state index in [9.17, 15) is 13.2 Å². The molecule has 0 amide bonds. The summed E-state index contributed by atoms with van der Waals surface area (Å²) in [6.07, 6.45) is 0. The summed E-state index contributed by atoms with van der Waals surface area (Å²) in [5, 5.41) is 0. The molecule has 0 aromatic carbocycles. The summed E-state index contributed by atoms with van der Waals surface area (Å²) < 4.78 is 26.8. The molecule has 0 saturated carbocycles. The maximum absolute atomic E-state index is 12.1. The molecule has 0 aliphatic carbocycles. The summed E-state index contributed by atoms with van der Waals surface area (Å²) in [4.78, 5) is 13.2. The molecule has 0 aliphatic heterocycles. The number of rotatable bonds is 3. The molecule has 2 N–H and O–H groups in total. The molecule has 0 saturated heterocycles. The highest BCUT2D eigenvalue weighted by Crippen LogP contribution is 2.22. The maximum Gasteiger partial charge on any atom is 0.305 e. The highest BCUT2D eigenvalue weighted by molar-refractivity contribution is 7.91. The van der Waals surface area contributed by atoms with Crippen LogP contribution in [0.3, 0.4) is 0 Å². The molecule has 1 aromatic heterocycles. The molecule has 0 spiro atoms. The number of aromatic amines is 1. The van der Waals surface area contributed by atoms with Crippen LogP contribution in [0.1, 0.15) is 33.4 Å². The minimum atomic E-state index is -3.62. The number of nitrogens with one attached hydrogen (secondary N) is 2. The van der Waals surface area contributed by atoms with Crippen LogP contribution in [0.4, 0.5) is 0 Å². The fraction of sp³-hybridized carbons (Fsp3) is 0.700. The summed E-state index contributed by atoms with van der Waals surface area (Å²) in [6, 6.07) is -0.218. The van der Waals surface area contributed by atoms with Gasteiger partial charge in [0.25, 0.3) is 10.0 Å². The van der Waals surface area contributed by atoms with E-state index in [0.717, 1.165) is 0 Å². The van der Waals surface area contributed by atoms with Crippen molar-refractivity contribution >= 4 is 21.4 Å². The van der Waals surface area contributed by atoms with Crippen LogP contribution in [-0.2, 0) is 10.0 Å². The van der Waals surface area contributed by atoms with E-state index in [0.29, 0.717) is 17.0 Å². The normalized spacial score (nSPS) is 14.9. The average molecular weight is 278 g/mol. The Labute approximate surface area is 105 Å². The second-order valence-electron chi connectivity index (χ2n) is 5.14. The van der Waals surface area contributed by atoms with Crippen molar-refractivity contribution in [3.05, 3.63) is 15.4 Å². The highest BCUT2D eigenvalue weighted by Gasteiger charge is 2.28.